The second-order valence-electron chi connectivity index (χ2n) is 6.72. The number of morpholine rings is 1. The molecular weight excluding hydrogens is 338 g/mol. The Kier molecular flexibility index (Phi) is 5.78. The smallest absolute Gasteiger partial charge is 0.264 e. The normalized spacial score (nSPS) is 14.9. The van der Waals surface area contributed by atoms with Crippen molar-refractivity contribution in [3.8, 4) is 11.8 Å². The van der Waals surface area contributed by atoms with Gasteiger partial charge in [-0.05, 0) is 49.6 Å². The Labute approximate surface area is 160 Å². The lowest BCUT2D eigenvalue weighted by Crippen LogP contribution is -2.41. The molecule has 5 nitrogen and oxygen atoms in total. The standard InChI is InChI=1S/C22H25N3O2/c1-4-18-7-5-6-8-21(18)25-16(2)13-19(17(25)3)14-20(15-23)22(26)24-9-11-27-12-10-24/h5-8,13-14H,4,9-12H2,1-3H3/b20-14-. The Morgan fingerprint density at radius 1 is 1.26 bits per heavy atom. The SMILES string of the molecule is CCc1ccccc1-n1c(C)cc(/C=C(/C#N)C(=O)N2CCOCC2)c1C. The maximum atomic E-state index is 12.7. The second kappa shape index (κ2) is 8.24. The van der Waals surface area contributed by atoms with Gasteiger partial charge in [0.1, 0.15) is 11.6 Å². The summed E-state index contributed by atoms with van der Waals surface area (Å²) in [5.74, 6) is -0.223. The van der Waals surface area contributed by atoms with E-state index in [-0.39, 0.29) is 11.5 Å². The number of benzene rings is 1. The topological polar surface area (TPSA) is 58.3 Å². The average Bonchev–Trinajstić information content (AvgIpc) is 2.99. The molecule has 0 bridgehead atoms. The first-order chi connectivity index (χ1) is 13.1. The lowest BCUT2D eigenvalue weighted by atomic mass is 10.1. The van der Waals surface area contributed by atoms with Crippen molar-refractivity contribution in [1.82, 2.24) is 9.47 Å². The van der Waals surface area contributed by atoms with Gasteiger partial charge < -0.3 is 14.2 Å². The molecule has 1 fully saturated rings. The summed E-state index contributed by atoms with van der Waals surface area (Å²) in [6.07, 6.45) is 2.66. The van der Waals surface area contributed by atoms with Crippen molar-refractivity contribution < 1.29 is 9.53 Å². The Bertz CT molecular complexity index is 912. The molecule has 1 saturated heterocycles. The van der Waals surface area contributed by atoms with Crippen molar-refractivity contribution in [2.24, 2.45) is 0 Å². The van der Waals surface area contributed by atoms with E-state index in [1.165, 1.54) is 5.56 Å². The zero-order valence-corrected chi connectivity index (χ0v) is 16.2. The molecule has 2 aromatic rings. The molecule has 2 heterocycles. The van der Waals surface area contributed by atoms with Gasteiger partial charge in [-0.1, -0.05) is 25.1 Å². The van der Waals surface area contributed by atoms with Gasteiger partial charge in [0.15, 0.2) is 0 Å². The van der Waals surface area contributed by atoms with E-state index in [1.807, 2.05) is 32.0 Å². The first kappa shape index (κ1) is 18.9. The molecule has 140 valence electrons. The number of hydrogen-bond acceptors (Lipinski definition) is 3. The van der Waals surface area contributed by atoms with E-state index < -0.39 is 0 Å². The van der Waals surface area contributed by atoms with Gasteiger partial charge in [-0.15, -0.1) is 0 Å². The van der Waals surface area contributed by atoms with Crippen LogP contribution in [0.5, 0.6) is 0 Å². The number of amides is 1. The summed E-state index contributed by atoms with van der Waals surface area (Å²) in [5.41, 5.74) is 5.58. The lowest BCUT2D eigenvalue weighted by molar-refractivity contribution is -0.130. The molecule has 5 heteroatoms. The quantitative estimate of drug-likeness (QED) is 0.618. The highest BCUT2D eigenvalue weighted by Crippen LogP contribution is 2.25. The number of carbonyl (C=O) groups excluding carboxylic acids is 1. The Morgan fingerprint density at radius 2 is 1.96 bits per heavy atom. The summed E-state index contributed by atoms with van der Waals surface area (Å²) < 4.78 is 7.48. The van der Waals surface area contributed by atoms with Crippen LogP contribution in [0.1, 0.15) is 29.4 Å². The van der Waals surface area contributed by atoms with Crippen molar-refractivity contribution in [1.29, 1.82) is 5.26 Å². The van der Waals surface area contributed by atoms with E-state index in [0.29, 0.717) is 26.3 Å². The zero-order chi connectivity index (χ0) is 19.4. The minimum Gasteiger partial charge on any atom is -0.378 e. The molecule has 0 unspecified atom stereocenters. The lowest BCUT2D eigenvalue weighted by Gasteiger charge is -2.26. The van der Waals surface area contributed by atoms with Gasteiger partial charge in [0, 0.05) is 30.2 Å². The van der Waals surface area contributed by atoms with Gasteiger partial charge in [0.25, 0.3) is 5.91 Å². The Balaban J connectivity index is 1.99. The monoisotopic (exact) mass is 363 g/mol. The number of nitrogens with zero attached hydrogens (tertiary/aromatic N) is 3. The van der Waals surface area contributed by atoms with Crippen molar-refractivity contribution in [2.75, 3.05) is 26.3 Å². The highest BCUT2D eigenvalue weighted by atomic mass is 16.5. The van der Waals surface area contributed by atoms with Crippen molar-refractivity contribution >= 4 is 12.0 Å². The third kappa shape index (κ3) is 3.81. The van der Waals surface area contributed by atoms with Gasteiger partial charge in [-0.2, -0.15) is 5.26 Å². The van der Waals surface area contributed by atoms with Crippen LogP contribution in [0.15, 0.2) is 35.9 Å². The molecule has 0 spiro atoms. The summed E-state index contributed by atoms with van der Waals surface area (Å²) in [7, 11) is 0. The van der Waals surface area contributed by atoms with Crippen LogP contribution in [0.25, 0.3) is 11.8 Å². The molecule has 1 amide bonds. The van der Waals surface area contributed by atoms with E-state index in [9.17, 15) is 10.1 Å². The minimum absolute atomic E-state index is 0.168. The van der Waals surface area contributed by atoms with Crippen LogP contribution in [0.4, 0.5) is 0 Å². The molecule has 1 aromatic carbocycles. The maximum Gasteiger partial charge on any atom is 0.264 e. The van der Waals surface area contributed by atoms with Gasteiger partial charge in [0.05, 0.1) is 13.2 Å². The van der Waals surface area contributed by atoms with Crippen LogP contribution in [0.3, 0.4) is 0 Å². The molecule has 0 aliphatic carbocycles. The van der Waals surface area contributed by atoms with Crippen LogP contribution in [-0.4, -0.2) is 41.7 Å². The highest BCUT2D eigenvalue weighted by molar-refractivity contribution is 6.01. The molecule has 0 radical (unpaired) electrons. The van der Waals surface area contributed by atoms with Gasteiger partial charge in [-0.3, -0.25) is 4.79 Å². The summed E-state index contributed by atoms with van der Waals surface area (Å²) in [5, 5.41) is 9.55. The van der Waals surface area contributed by atoms with E-state index in [1.54, 1.807) is 11.0 Å². The molecule has 0 atom stereocenters. The number of aryl methyl sites for hydroxylation is 2. The van der Waals surface area contributed by atoms with Crippen molar-refractivity contribution in [3.63, 3.8) is 0 Å². The number of para-hydroxylation sites is 1. The molecule has 1 aromatic heterocycles. The van der Waals surface area contributed by atoms with Crippen molar-refractivity contribution in [2.45, 2.75) is 27.2 Å². The molecule has 1 aliphatic heterocycles. The van der Waals surface area contributed by atoms with Gasteiger partial charge in [-0.25, -0.2) is 0 Å². The number of carbonyl (C=O) groups is 1. The van der Waals surface area contributed by atoms with Crippen LogP contribution < -0.4 is 0 Å². The second-order valence-corrected chi connectivity index (χ2v) is 6.72. The molecule has 0 saturated carbocycles. The fraction of sp³-hybridized carbons (Fsp3) is 0.364. The molecular formula is C22H25N3O2. The van der Waals surface area contributed by atoms with Gasteiger partial charge >= 0.3 is 0 Å². The molecule has 27 heavy (non-hydrogen) atoms. The van der Waals surface area contributed by atoms with Crippen molar-refractivity contribution in [3.05, 3.63) is 58.4 Å². The summed E-state index contributed by atoms with van der Waals surface area (Å²) in [6.45, 7) is 8.32. The minimum atomic E-state index is -0.223. The van der Waals surface area contributed by atoms with Crippen LogP contribution in [0, 0.1) is 25.2 Å². The summed E-state index contributed by atoms with van der Waals surface area (Å²) >= 11 is 0. The Morgan fingerprint density at radius 3 is 2.63 bits per heavy atom. The molecule has 3 rings (SSSR count). The van der Waals surface area contributed by atoms with E-state index in [0.717, 1.165) is 29.1 Å². The summed E-state index contributed by atoms with van der Waals surface area (Å²) in [6, 6.07) is 12.4. The predicted molar refractivity (Wildman–Crippen MR) is 106 cm³/mol. The fourth-order valence-corrected chi connectivity index (χ4v) is 3.57. The Hall–Kier alpha value is -2.84. The maximum absolute atomic E-state index is 12.7. The molecule has 1 aliphatic rings. The van der Waals surface area contributed by atoms with Gasteiger partial charge in [0.2, 0.25) is 0 Å². The summed E-state index contributed by atoms with van der Waals surface area (Å²) in [4.78, 5) is 14.4. The zero-order valence-electron chi connectivity index (χ0n) is 16.2. The number of aromatic nitrogens is 1. The number of ether oxygens (including phenoxy) is 1. The van der Waals surface area contributed by atoms with Crippen LogP contribution in [-0.2, 0) is 16.0 Å². The van der Waals surface area contributed by atoms with E-state index in [2.05, 4.69) is 29.7 Å². The fourth-order valence-electron chi connectivity index (χ4n) is 3.57. The average molecular weight is 363 g/mol. The van der Waals surface area contributed by atoms with Crippen LogP contribution in [0.2, 0.25) is 0 Å². The largest absolute Gasteiger partial charge is 0.378 e. The predicted octanol–water partition coefficient (Wildman–Crippen LogP) is 3.42. The highest BCUT2D eigenvalue weighted by Gasteiger charge is 2.21. The van der Waals surface area contributed by atoms with Crippen LogP contribution >= 0.6 is 0 Å². The van der Waals surface area contributed by atoms with E-state index >= 15 is 0 Å². The van der Waals surface area contributed by atoms with E-state index in [4.69, 9.17) is 4.74 Å². The molecule has 0 N–H and O–H groups in total. The first-order valence-corrected chi connectivity index (χ1v) is 9.32. The third-order valence-corrected chi connectivity index (χ3v) is 5.03. The number of rotatable bonds is 4. The number of hydrogen-bond donors (Lipinski definition) is 0. The number of nitriles is 1. The first-order valence-electron chi connectivity index (χ1n) is 9.32. The third-order valence-electron chi connectivity index (χ3n) is 5.03.